The van der Waals surface area contributed by atoms with Crippen LogP contribution in [0.4, 0.5) is 11.4 Å². The molecule has 0 fully saturated rings. The molecule has 280 valence electrons. The van der Waals surface area contributed by atoms with Gasteiger partial charge in [-0.3, -0.25) is 9.59 Å². The van der Waals surface area contributed by atoms with Gasteiger partial charge in [0.25, 0.3) is 11.8 Å². The Morgan fingerprint density at radius 2 is 0.895 bits per heavy atom. The van der Waals surface area contributed by atoms with Gasteiger partial charge in [-0.1, -0.05) is 82.8 Å². The summed E-state index contributed by atoms with van der Waals surface area (Å²) in [6.45, 7) is 3.72. The van der Waals surface area contributed by atoms with Crippen LogP contribution in [0, 0.1) is 13.8 Å². The van der Waals surface area contributed by atoms with Crippen molar-refractivity contribution >= 4 is 91.4 Å². The molecule has 0 unspecified atom stereocenters. The number of nitrogens with zero attached hydrogens (tertiary/aromatic N) is 2. The molecule has 8 rings (SSSR count). The van der Waals surface area contributed by atoms with E-state index in [0.717, 1.165) is 10.8 Å². The molecule has 8 aromatic rings. The first-order valence-electron chi connectivity index (χ1n) is 17.7. The van der Waals surface area contributed by atoms with Crippen LogP contribution in [0.5, 0.6) is 11.5 Å². The van der Waals surface area contributed by atoms with Crippen LogP contribution < -0.4 is 15.4 Å². The fraction of sp³-hybridized carbons (Fsp3) is 0.0435. The molecule has 0 aliphatic carbocycles. The number of pyridine rings is 2. The molecular weight excluding hydrogens is 798 g/mol. The van der Waals surface area contributed by atoms with Crippen LogP contribution in [0.15, 0.2) is 133 Å². The average Bonchev–Trinajstić information content (AvgIpc) is 3.19. The Labute approximate surface area is 348 Å². The van der Waals surface area contributed by atoms with Crippen molar-refractivity contribution in [2.75, 3.05) is 10.6 Å². The normalized spacial score (nSPS) is 11.1. The topological polar surface area (TPSA) is 93.2 Å². The van der Waals surface area contributed by atoms with Gasteiger partial charge < -0.3 is 15.4 Å². The van der Waals surface area contributed by atoms with Gasteiger partial charge in [-0.25, -0.2) is 9.97 Å². The van der Waals surface area contributed by atoms with E-state index in [1.807, 2.05) is 62.4 Å². The zero-order valence-electron chi connectivity index (χ0n) is 30.3. The molecule has 0 radical (unpaired) electrons. The highest BCUT2D eigenvalue weighted by Crippen LogP contribution is 2.37. The number of anilines is 2. The molecule has 0 bridgehead atoms. The number of carbonyl (C=O) groups excluding carboxylic acids is 2. The number of hydrogen-bond donors (Lipinski definition) is 2. The summed E-state index contributed by atoms with van der Waals surface area (Å²) in [5.41, 5.74) is 7.42. The molecule has 0 aliphatic rings. The molecule has 57 heavy (non-hydrogen) atoms. The van der Waals surface area contributed by atoms with Gasteiger partial charge >= 0.3 is 0 Å². The molecule has 0 atom stereocenters. The van der Waals surface area contributed by atoms with Crippen molar-refractivity contribution in [1.29, 1.82) is 0 Å². The Morgan fingerprint density at radius 1 is 0.509 bits per heavy atom. The molecule has 0 saturated carbocycles. The second-order valence-corrected chi connectivity index (χ2v) is 14.9. The smallest absolute Gasteiger partial charge is 0.256 e. The number of fused-ring (bicyclic) bond motifs is 2. The Hall–Kier alpha value is -5.96. The third kappa shape index (κ3) is 7.75. The lowest BCUT2D eigenvalue weighted by Gasteiger charge is -2.16. The SMILES string of the molecule is Cc1c(-c2ccc(Cl)cc2Cl)nc2ccccc2c1C(=O)Nc1ccc(Oc2ccc(NC(=O)c3c(C)c(-c4ccc(Cl)cc4Cl)nc4ccccc34)cc2)cc1. The maximum atomic E-state index is 13.9. The monoisotopic (exact) mass is 826 g/mol. The van der Waals surface area contributed by atoms with Gasteiger partial charge in [0.2, 0.25) is 0 Å². The van der Waals surface area contributed by atoms with E-state index in [1.165, 1.54) is 0 Å². The quantitative estimate of drug-likeness (QED) is 0.159. The van der Waals surface area contributed by atoms with Gasteiger partial charge in [0.15, 0.2) is 0 Å². The molecular formula is C46H30Cl4N4O3. The van der Waals surface area contributed by atoms with Crippen molar-refractivity contribution in [2.24, 2.45) is 0 Å². The summed E-state index contributed by atoms with van der Waals surface area (Å²) in [6.07, 6.45) is 0. The molecule has 0 saturated heterocycles. The Kier molecular flexibility index (Phi) is 10.6. The fourth-order valence-electron chi connectivity index (χ4n) is 6.82. The van der Waals surface area contributed by atoms with Crippen LogP contribution in [-0.4, -0.2) is 21.8 Å². The Morgan fingerprint density at radius 3 is 1.28 bits per heavy atom. The van der Waals surface area contributed by atoms with Crippen LogP contribution in [0.1, 0.15) is 31.8 Å². The van der Waals surface area contributed by atoms with Crippen molar-refractivity contribution in [3.8, 4) is 34.0 Å². The van der Waals surface area contributed by atoms with E-state index in [4.69, 9.17) is 61.1 Å². The largest absolute Gasteiger partial charge is 0.457 e. The molecule has 7 nitrogen and oxygen atoms in total. The molecule has 2 heterocycles. The van der Waals surface area contributed by atoms with Gasteiger partial charge in [-0.05, 0) is 122 Å². The number of ether oxygens (including phenoxy) is 1. The number of benzene rings is 6. The first-order valence-corrected chi connectivity index (χ1v) is 19.3. The second kappa shape index (κ2) is 15.9. The maximum Gasteiger partial charge on any atom is 0.256 e. The molecule has 11 heteroatoms. The first-order chi connectivity index (χ1) is 27.5. The summed E-state index contributed by atoms with van der Waals surface area (Å²) in [4.78, 5) is 37.4. The molecule has 6 aromatic carbocycles. The minimum absolute atomic E-state index is 0.288. The summed E-state index contributed by atoms with van der Waals surface area (Å²) in [5, 5.41) is 9.40. The number of rotatable bonds is 8. The Bertz CT molecular complexity index is 2690. The van der Waals surface area contributed by atoms with Crippen molar-refractivity contribution < 1.29 is 14.3 Å². The first kappa shape index (κ1) is 37.9. The molecule has 0 spiro atoms. The summed E-state index contributed by atoms with van der Waals surface area (Å²) in [7, 11) is 0. The predicted octanol–water partition coefficient (Wildman–Crippen LogP) is 13.6. The number of amides is 2. The minimum atomic E-state index is -0.288. The number of halogens is 4. The van der Waals surface area contributed by atoms with Crippen LogP contribution in [0.3, 0.4) is 0 Å². The number of hydrogen-bond acceptors (Lipinski definition) is 5. The summed E-state index contributed by atoms with van der Waals surface area (Å²) < 4.78 is 6.10. The third-order valence-corrected chi connectivity index (χ3v) is 10.7. The van der Waals surface area contributed by atoms with E-state index in [1.54, 1.807) is 84.9 Å². The standard InChI is InChI=1S/C46H30Cl4N4O3/c1-25-41(35-7-3-5-9-39(35)53-43(25)33-21-11-27(47)23-37(33)49)45(55)51-29-13-17-31(18-14-29)57-32-19-15-30(16-20-32)52-46(56)42-26(2)44(34-22-12-28(48)24-38(34)50)54-40-10-6-4-8-36(40)42/h3-24H,1-2H3,(H,51,55)(H,52,56). The molecule has 0 aliphatic heterocycles. The highest BCUT2D eigenvalue weighted by molar-refractivity contribution is 6.37. The molecule has 2 aromatic heterocycles. The summed E-state index contributed by atoms with van der Waals surface area (Å²) in [5.74, 6) is 0.539. The highest BCUT2D eigenvalue weighted by atomic mass is 35.5. The molecule has 2 amide bonds. The summed E-state index contributed by atoms with van der Waals surface area (Å²) >= 11 is 25.4. The van der Waals surface area contributed by atoms with E-state index < -0.39 is 0 Å². The van der Waals surface area contributed by atoms with Crippen molar-refractivity contribution in [1.82, 2.24) is 9.97 Å². The lowest BCUT2D eigenvalue weighted by molar-refractivity contribution is 0.101. The predicted molar refractivity (Wildman–Crippen MR) is 233 cm³/mol. The lowest BCUT2D eigenvalue weighted by Crippen LogP contribution is -2.15. The van der Waals surface area contributed by atoms with Crippen molar-refractivity contribution in [3.63, 3.8) is 0 Å². The van der Waals surface area contributed by atoms with Crippen molar-refractivity contribution in [2.45, 2.75) is 13.8 Å². The Balaban J connectivity index is 0.980. The van der Waals surface area contributed by atoms with Crippen LogP contribution in [-0.2, 0) is 0 Å². The summed E-state index contributed by atoms with van der Waals surface area (Å²) in [6, 6.07) is 39.6. The zero-order chi connectivity index (χ0) is 39.8. The zero-order valence-corrected chi connectivity index (χ0v) is 33.4. The lowest BCUT2D eigenvalue weighted by atomic mass is 9.97. The van der Waals surface area contributed by atoms with Gasteiger partial charge in [0, 0.05) is 43.3 Å². The minimum Gasteiger partial charge on any atom is -0.457 e. The average molecular weight is 829 g/mol. The van der Waals surface area contributed by atoms with E-state index in [-0.39, 0.29) is 11.8 Å². The van der Waals surface area contributed by atoms with Gasteiger partial charge in [-0.2, -0.15) is 0 Å². The fourth-order valence-corrected chi connectivity index (χ4v) is 7.82. The van der Waals surface area contributed by atoms with Crippen LogP contribution in [0.25, 0.3) is 44.3 Å². The van der Waals surface area contributed by atoms with Gasteiger partial charge in [-0.15, -0.1) is 0 Å². The number of aromatic nitrogens is 2. The third-order valence-electron chi connectivity index (χ3n) is 9.56. The van der Waals surface area contributed by atoms with E-state index >= 15 is 0 Å². The second-order valence-electron chi connectivity index (χ2n) is 13.3. The number of carbonyl (C=O) groups is 2. The van der Waals surface area contributed by atoms with Gasteiger partial charge in [0.05, 0.1) is 43.6 Å². The van der Waals surface area contributed by atoms with Gasteiger partial charge in [0.1, 0.15) is 11.5 Å². The maximum absolute atomic E-state index is 13.9. The molecule has 2 N–H and O–H groups in total. The number of nitrogens with one attached hydrogen (secondary N) is 2. The van der Waals surface area contributed by atoms with Crippen LogP contribution >= 0.6 is 46.4 Å². The highest BCUT2D eigenvalue weighted by Gasteiger charge is 2.22. The number of para-hydroxylation sites is 2. The van der Waals surface area contributed by atoms with Crippen molar-refractivity contribution in [3.05, 3.63) is 176 Å². The van der Waals surface area contributed by atoms with E-state index in [2.05, 4.69) is 10.6 Å². The van der Waals surface area contributed by atoms with E-state index in [0.29, 0.717) is 98.8 Å². The van der Waals surface area contributed by atoms with E-state index in [9.17, 15) is 9.59 Å². The van der Waals surface area contributed by atoms with Crippen LogP contribution in [0.2, 0.25) is 20.1 Å².